The molecule has 3 rings (SSSR count). The lowest BCUT2D eigenvalue weighted by Gasteiger charge is -2.20. The maximum atomic E-state index is 12.9. The van der Waals surface area contributed by atoms with E-state index in [2.05, 4.69) is 36.1 Å². The zero-order valence-electron chi connectivity index (χ0n) is 15.4. The molecule has 2 aromatic carbocycles. The Hall–Kier alpha value is -2.13. The number of ketones is 1. The first kappa shape index (κ1) is 17.7. The molecule has 0 heterocycles. The fourth-order valence-corrected chi connectivity index (χ4v) is 3.47. The minimum absolute atomic E-state index is 0.122. The van der Waals surface area contributed by atoms with Crippen LogP contribution in [0.4, 0.5) is 5.69 Å². The van der Waals surface area contributed by atoms with Crippen LogP contribution in [0, 0.1) is 5.92 Å². The van der Waals surface area contributed by atoms with Gasteiger partial charge in [0.1, 0.15) is 0 Å². The second-order valence-corrected chi connectivity index (χ2v) is 6.97. The molecule has 0 aromatic heterocycles. The predicted molar refractivity (Wildman–Crippen MR) is 102 cm³/mol. The molecular weight excluding hydrogens is 310 g/mol. The van der Waals surface area contributed by atoms with E-state index >= 15 is 0 Å². The van der Waals surface area contributed by atoms with Crippen LogP contribution in [-0.2, 0) is 11.2 Å². The molecule has 0 N–H and O–H groups in total. The highest BCUT2D eigenvalue weighted by atomic mass is 16.5. The number of hydrogen-bond acceptors (Lipinski definition) is 3. The van der Waals surface area contributed by atoms with Crippen molar-refractivity contribution in [1.29, 1.82) is 0 Å². The third kappa shape index (κ3) is 3.77. The molecule has 0 amide bonds. The number of Topliss-reactive ketones (excluding diaryl/α,β-unsaturated/α-hetero) is 1. The molecule has 0 saturated heterocycles. The summed E-state index contributed by atoms with van der Waals surface area (Å²) in [6.07, 6.45) is 2.72. The molecule has 0 saturated carbocycles. The van der Waals surface area contributed by atoms with Gasteiger partial charge in [0.15, 0.2) is 5.78 Å². The van der Waals surface area contributed by atoms with E-state index in [1.807, 2.05) is 38.4 Å². The zero-order valence-corrected chi connectivity index (χ0v) is 15.4. The minimum atomic E-state index is -0.125. The first-order valence-corrected chi connectivity index (χ1v) is 9.12. The largest absolute Gasteiger partial charge is 0.378 e. The molecule has 25 heavy (non-hydrogen) atoms. The van der Waals surface area contributed by atoms with Crippen LogP contribution in [0.25, 0.3) is 0 Å². The molecular formula is C22H27NO2. The van der Waals surface area contributed by atoms with Gasteiger partial charge < -0.3 is 9.64 Å². The fourth-order valence-electron chi connectivity index (χ4n) is 3.47. The van der Waals surface area contributed by atoms with Crippen molar-refractivity contribution in [3.63, 3.8) is 0 Å². The number of rotatable bonds is 7. The second-order valence-electron chi connectivity index (χ2n) is 6.97. The average molecular weight is 337 g/mol. The Morgan fingerprint density at radius 3 is 2.44 bits per heavy atom. The predicted octanol–water partition coefficient (Wildman–Crippen LogP) is 4.67. The Morgan fingerprint density at radius 1 is 1.04 bits per heavy atom. The van der Waals surface area contributed by atoms with E-state index in [4.69, 9.17) is 4.74 Å². The van der Waals surface area contributed by atoms with E-state index in [9.17, 15) is 4.79 Å². The highest BCUT2D eigenvalue weighted by Crippen LogP contribution is 2.40. The lowest BCUT2D eigenvalue weighted by molar-refractivity contribution is 0.0193. The van der Waals surface area contributed by atoms with Crippen LogP contribution >= 0.6 is 0 Å². The van der Waals surface area contributed by atoms with Gasteiger partial charge in [-0.2, -0.15) is 0 Å². The average Bonchev–Trinajstić information content (AvgIpc) is 2.88. The van der Waals surface area contributed by atoms with Gasteiger partial charge in [0.05, 0.1) is 12.0 Å². The van der Waals surface area contributed by atoms with Crippen LogP contribution in [0.15, 0.2) is 48.5 Å². The SMILES string of the molecule is CCCCOC1c2ccccc2C(=O)C1Cc1ccc(N(C)C)cc1. The van der Waals surface area contributed by atoms with Crippen molar-refractivity contribution in [1.82, 2.24) is 0 Å². The number of benzene rings is 2. The van der Waals surface area contributed by atoms with Crippen LogP contribution < -0.4 is 4.90 Å². The van der Waals surface area contributed by atoms with Crippen LogP contribution in [0.2, 0.25) is 0 Å². The summed E-state index contributed by atoms with van der Waals surface area (Å²) in [6.45, 7) is 2.86. The standard InChI is InChI=1S/C22H27NO2/c1-4-5-14-25-22-19-9-7-6-8-18(19)21(24)20(22)15-16-10-12-17(13-11-16)23(2)3/h6-13,20,22H,4-5,14-15H2,1-3H3. The minimum Gasteiger partial charge on any atom is -0.378 e. The number of hydrogen-bond donors (Lipinski definition) is 0. The summed E-state index contributed by atoms with van der Waals surface area (Å²) in [5.74, 6) is 0.0910. The lowest BCUT2D eigenvalue weighted by Crippen LogP contribution is -2.19. The number of ether oxygens (including phenoxy) is 1. The Bertz CT molecular complexity index is 721. The van der Waals surface area contributed by atoms with Gasteiger partial charge in [0, 0.05) is 32.0 Å². The van der Waals surface area contributed by atoms with E-state index in [-0.39, 0.29) is 17.8 Å². The maximum Gasteiger partial charge on any atom is 0.169 e. The molecule has 132 valence electrons. The van der Waals surface area contributed by atoms with Gasteiger partial charge in [-0.15, -0.1) is 0 Å². The van der Waals surface area contributed by atoms with Gasteiger partial charge in [-0.1, -0.05) is 49.7 Å². The van der Waals surface area contributed by atoms with Gasteiger partial charge in [0.2, 0.25) is 0 Å². The number of nitrogens with zero attached hydrogens (tertiary/aromatic N) is 1. The van der Waals surface area contributed by atoms with E-state index in [1.54, 1.807) is 0 Å². The smallest absolute Gasteiger partial charge is 0.169 e. The Kier molecular flexibility index (Phi) is 5.54. The lowest BCUT2D eigenvalue weighted by atomic mass is 9.93. The van der Waals surface area contributed by atoms with Crippen molar-refractivity contribution in [2.24, 2.45) is 5.92 Å². The molecule has 0 radical (unpaired) electrons. The molecule has 1 aliphatic rings. The van der Waals surface area contributed by atoms with Crippen molar-refractivity contribution in [2.75, 3.05) is 25.6 Å². The fraction of sp³-hybridized carbons (Fsp3) is 0.409. The number of anilines is 1. The van der Waals surface area contributed by atoms with Crippen molar-refractivity contribution in [3.05, 3.63) is 65.2 Å². The Morgan fingerprint density at radius 2 is 1.76 bits per heavy atom. The summed E-state index contributed by atoms with van der Waals surface area (Å²) in [5.41, 5.74) is 4.24. The monoisotopic (exact) mass is 337 g/mol. The van der Waals surface area contributed by atoms with Crippen molar-refractivity contribution >= 4 is 11.5 Å². The molecule has 0 aliphatic heterocycles. The normalized spacial score (nSPS) is 19.1. The van der Waals surface area contributed by atoms with Gasteiger partial charge in [-0.25, -0.2) is 0 Å². The highest BCUT2D eigenvalue weighted by Gasteiger charge is 2.40. The van der Waals surface area contributed by atoms with Crippen molar-refractivity contribution < 1.29 is 9.53 Å². The van der Waals surface area contributed by atoms with Crippen molar-refractivity contribution in [2.45, 2.75) is 32.3 Å². The molecule has 2 aromatic rings. The topological polar surface area (TPSA) is 29.5 Å². The molecule has 0 bridgehead atoms. The van der Waals surface area contributed by atoms with Gasteiger partial charge in [-0.3, -0.25) is 4.79 Å². The van der Waals surface area contributed by atoms with Crippen LogP contribution in [0.3, 0.4) is 0 Å². The highest BCUT2D eigenvalue weighted by molar-refractivity contribution is 6.03. The Balaban J connectivity index is 1.81. The first-order valence-electron chi connectivity index (χ1n) is 9.12. The molecule has 3 nitrogen and oxygen atoms in total. The molecule has 2 atom stereocenters. The number of unbranched alkanes of at least 4 members (excludes halogenated alkanes) is 1. The number of fused-ring (bicyclic) bond motifs is 1. The second kappa shape index (κ2) is 7.83. The Labute approximate surface area is 150 Å². The van der Waals surface area contributed by atoms with Crippen LogP contribution in [0.1, 0.15) is 47.4 Å². The van der Waals surface area contributed by atoms with Crippen LogP contribution in [-0.4, -0.2) is 26.5 Å². The summed E-state index contributed by atoms with van der Waals surface area (Å²) in [6, 6.07) is 16.4. The van der Waals surface area contributed by atoms with E-state index < -0.39 is 0 Å². The number of carbonyl (C=O) groups is 1. The van der Waals surface area contributed by atoms with E-state index in [0.717, 1.165) is 30.4 Å². The summed E-state index contributed by atoms with van der Waals surface area (Å²) in [5, 5.41) is 0. The maximum absolute atomic E-state index is 12.9. The third-order valence-electron chi connectivity index (χ3n) is 4.94. The molecule has 0 spiro atoms. The van der Waals surface area contributed by atoms with E-state index in [1.165, 1.54) is 11.3 Å². The first-order chi connectivity index (χ1) is 12.1. The van der Waals surface area contributed by atoms with Crippen molar-refractivity contribution in [3.8, 4) is 0 Å². The van der Waals surface area contributed by atoms with Gasteiger partial charge >= 0.3 is 0 Å². The molecule has 0 fully saturated rings. The summed E-state index contributed by atoms with van der Waals surface area (Å²) >= 11 is 0. The molecule has 1 aliphatic carbocycles. The van der Waals surface area contributed by atoms with E-state index in [0.29, 0.717) is 6.61 Å². The summed E-state index contributed by atoms with van der Waals surface area (Å²) in [4.78, 5) is 15.0. The molecule has 2 unspecified atom stereocenters. The zero-order chi connectivity index (χ0) is 17.8. The molecule has 3 heteroatoms. The van der Waals surface area contributed by atoms with Crippen LogP contribution in [0.5, 0.6) is 0 Å². The number of carbonyl (C=O) groups excluding carboxylic acids is 1. The van der Waals surface area contributed by atoms with Gasteiger partial charge in [-0.05, 0) is 36.1 Å². The third-order valence-corrected chi connectivity index (χ3v) is 4.94. The van der Waals surface area contributed by atoms with Gasteiger partial charge in [0.25, 0.3) is 0 Å². The summed E-state index contributed by atoms with van der Waals surface area (Å²) < 4.78 is 6.16. The quantitative estimate of drug-likeness (QED) is 0.688. The summed E-state index contributed by atoms with van der Waals surface area (Å²) in [7, 11) is 4.06.